The molecule has 0 N–H and O–H groups in total. The Morgan fingerprint density at radius 3 is 2.36 bits per heavy atom. The van der Waals surface area contributed by atoms with Crippen LogP contribution in [0, 0.1) is 0 Å². The predicted octanol–water partition coefficient (Wildman–Crippen LogP) is 4.44. The van der Waals surface area contributed by atoms with Gasteiger partial charge in [-0.2, -0.15) is 4.89 Å². The van der Waals surface area contributed by atoms with Crippen LogP contribution in [0.3, 0.4) is 0 Å². The molecule has 0 saturated carbocycles. The van der Waals surface area contributed by atoms with Crippen LogP contribution < -0.4 is 9.47 Å². The minimum Gasteiger partial charge on any atom is -0.493 e. The van der Waals surface area contributed by atoms with E-state index >= 15 is 0 Å². The Bertz CT molecular complexity index is 656. The fourth-order valence-corrected chi connectivity index (χ4v) is 2.26. The second-order valence-electron chi connectivity index (χ2n) is 5.34. The fraction of sp³-hybridized carbons (Fsp3) is 0.300. The molecular weight excluding hydrogens is 320 g/mol. The van der Waals surface area contributed by atoms with Gasteiger partial charge in [-0.05, 0) is 36.3 Å². The molecule has 0 aliphatic carbocycles. The SMILES string of the molecule is C=CC(OOCc1ccc(OC)c(OC)c1)OC(C)c1ccccc1. The first-order valence-electron chi connectivity index (χ1n) is 8.00. The van der Waals surface area contributed by atoms with E-state index in [4.69, 9.17) is 24.0 Å². The molecule has 25 heavy (non-hydrogen) atoms. The Morgan fingerprint density at radius 1 is 1.00 bits per heavy atom. The summed E-state index contributed by atoms with van der Waals surface area (Å²) in [5.74, 6) is 1.30. The Kier molecular flexibility index (Phi) is 7.47. The van der Waals surface area contributed by atoms with Crippen LogP contribution in [0.5, 0.6) is 11.5 Å². The standard InChI is InChI=1S/C20H24O5/c1-5-20(24-15(2)17-9-7-6-8-10-17)25-23-14-16-11-12-18(21-3)19(13-16)22-4/h5-13,15,20H,1,14H2,2-4H3. The van der Waals surface area contributed by atoms with Crippen LogP contribution in [0.25, 0.3) is 0 Å². The van der Waals surface area contributed by atoms with Crippen molar-refractivity contribution in [1.29, 1.82) is 0 Å². The molecule has 2 aromatic carbocycles. The lowest BCUT2D eigenvalue weighted by atomic mass is 10.1. The third kappa shape index (κ3) is 5.60. The molecule has 0 heterocycles. The van der Waals surface area contributed by atoms with Crippen LogP contribution in [-0.4, -0.2) is 20.5 Å². The highest BCUT2D eigenvalue weighted by atomic mass is 17.2. The molecule has 0 saturated heterocycles. The molecule has 2 unspecified atom stereocenters. The lowest BCUT2D eigenvalue weighted by Gasteiger charge is -2.19. The van der Waals surface area contributed by atoms with E-state index in [1.54, 1.807) is 20.3 Å². The zero-order valence-electron chi connectivity index (χ0n) is 14.8. The lowest BCUT2D eigenvalue weighted by molar-refractivity contribution is -0.377. The lowest BCUT2D eigenvalue weighted by Crippen LogP contribution is -2.17. The van der Waals surface area contributed by atoms with E-state index in [-0.39, 0.29) is 12.7 Å². The zero-order valence-corrected chi connectivity index (χ0v) is 14.8. The van der Waals surface area contributed by atoms with Gasteiger partial charge in [0.1, 0.15) is 6.61 Å². The van der Waals surface area contributed by atoms with Gasteiger partial charge in [0.25, 0.3) is 0 Å². The summed E-state index contributed by atoms with van der Waals surface area (Å²) in [6, 6.07) is 15.4. The van der Waals surface area contributed by atoms with E-state index < -0.39 is 6.29 Å². The molecule has 0 amide bonds. The highest BCUT2D eigenvalue weighted by molar-refractivity contribution is 5.42. The summed E-state index contributed by atoms with van der Waals surface area (Å²) >= 11 is 0. The van der Waals surface area contributed by atoms with Gasteiger partial charge in [-0.25, -0.2) is 4.89 Å². The van der Waals surface area contributed by atoms with Crippen LogP contribution in [0.15, 0.2) is 61.2 Å². The predicted molar refractivity (Wildman–Crippen MR) is 95.3 cm³/mol. The molecule has 0 spiro atoms. The summed E-state index contributed by atoms with van der Waals surface area (Å²) < 4.78 is 16.3. The van der Waals surface area contributed by atoms with Crippen LogP contribution in [-0.2, 0) is 21.1 Å². The summed E-state index contributed by atoms with van der Waals surface area (Å²) in [7, 11) is 3.18. The van der Waals surface area contributed by atoms with Crippen LogP contribution in [0.4, 0.5) is 0 Å². The van der Waals surface area contributed by atoms with Gasteiger partial charge in [0.15, 0.2) is 11.5 Å². The van der Waals surface area contributed by atoms with Crippen molar-refractivity contribution >= 4 is 0 Å². The molecule has 0 radical (unpaired) electrons. The summed E-state index contributed by atoms with van der Waals surface area (Å²) in [5, 5.41) is 0. The minimum atomic E-state index is -0.671. The topological polar surface area (TPSA) is 46.2 Å². The molecular formula is C20H24O5. The normalized spacial score (nSPS) is 13.1. The van der Waals surface area contributed by atoms with Crippen molar-refractivity contribution in [2.45, 2.75) is 25.9 Å². The van der Waals surface area contributed by atoms with Gasteiger partial charge in [0, 0.05) is 0 Å². The molecule has 0 aliphatic rings. The number of benzene rings is 2. The second kappa shape index (κ2) is 9.84. The third-order valence-electron chi connectivity index (χ3n) is 3.64. The van der Waals surface area contributed by atoms with E-state index in [1.165, 1.54) is 0 Å². The molecule has 134 valence electrons. The number of rotatable bonds is 10. The maximum absolute atomic E-state index is 5.80. The maximum Gasteiger partial charge on any atom is 0.210 e. The Morgan fingerprint density at radius 2 is 1.72 bits per heavy atom. The van der Waals surface area contributed by atoms with E-state index in [0.717, 1.165) is 11.1 Å². The summed E-state index contributed by atoms with van der Waals surface area (Å²) in [4.78, 5) is 10.6. The molecule has 2 aromatic rings. The van der Waals surface area contributed by atoms with E-state index in [9.17, 15) is 0 Å². The molecule has 2 rings (SSSR count). The van der Waals surface area contributed by atoms with Gasteiger partial charge in [0.2, 0.25) is 6.29 Å². The van der Waals surface area contributed by atoms with Crippen molar-refractivity contribution in [3.63, 3.8) is 0 Å². The van der Waals surface area contributed by atoms with Crippen molar-refractivity contribution in [1.82, 2.24) is 0 Å². The first-order chi connectivity index (χ1) is 12.2. The molecule has 5 nitrogen and oxygen atoms in total. The van der Waals surface area contributed by atoms with Crippen LogP contribution in [0.2, 0.25) is 0 Å². The highest BCUT2D eigenvalue weighted by Crippen LogP contribution is 2.28. The quantitative estimate of drug-likeness (QED) is 0.276. The van der Waals surface area contributed by atoms with Gasteiger partial charge in [-0.15, -0.1) is 0 Å². The van der Waals surface area contributed by atoms with Gasteiger partial charge in [-0.3, -0.25) is 0 Å². The number of ether oxygens (including phenoxy) is 3. The van der Waals surface area contributed by atoms with E-state index in [0.29, 0.717) is 11.5 Å². The Hall–Kier alpha value is -2.34. The monoisotopic (exact) mass is 344 g/mol. The first-order valence-corrected chi connectivity index (χ1v) is 8.00. The van der Waals surface area contributed by atoms with Crippen molar-refractivity contribution in [3.8, 4) is 11.5 Å². The highest BCUT2D eigenvalue weighted by Gasteiger charge is 2.13. The van der Waals surface area contributed by atoms with Crippen LogP contribution in [0.1, 0.15) is 24.2 Å². The summed E-state index contributed by atoms with van der Waals surface area (Å²) in [5.41, 5.74) is 1.94. The fourth-order valence-electron chi connectivity index (χ4n) is 2.26. The molecule has 2 atom stereocenters. The van der Waals surface area contributed by atoms with Gasteiger partial charge in [-0.1, -0.05) is 43.0 Å². The zero-order chi connectivity index (χ0) is 18.1. The second-order valence-corrected chi connectivity index (χ2v) is 5.34. The molecule has 0 aliphatic heterocycles. The average molecular weight is 344 g/mol. The van der Waals surface area contributed by atoms with Crippen molar-refractivity contribution < 1.29 is 24.0 Å². The minimum absolute atomic E-state index is 0.145. The maximum atomic E-state index is 5.80. The van der Waals surface area contributed by atoms with Gasteiger partial charge >= 0.3 is 0 Å². The number of hydrogen-bond acceptors (Lipinski definition) is 5. The van der Waals surface area contributed by atoms with E-state index in [2.05, 4.69) is 6.58 Å². The molecule has 0 bridgehead atoms. The van der Waals surface area contributed by atoms with Crippen molar-refractivity contribution in [2.75, 3.05) is 14.2 Å². The van der Waals surface area contributed by atoms with Gasteiger partial charge in [0.05, 0.1) is 20.3 Å². The van der Waals surface area contributed by atoms with Crippen molar-refractivity contribution in [3.05, 3.63) is 72.3 Å². The molecule has 5 heteroatoms. The van der Waals surface area contributed by atoms with Crippen LogP contribution >= 0.6 is 0 Å². The average Bonchev–Trinajstić information content (AvgIpc) is 2.67. The number of methoxy groups -OCH3 is 2. The van der Waals surface area contributed by atoms with Crippen molar-refractivity contribution in [2.24, 2.45) is 0 Å². The van der Waals surface area contributed by atoms with Gasteiger partial charge < -0.3 is 14.2 Å². The first kappa shape index (κ1) is 19.0. The number of hydrogen-bond donors (Lipinski definition) is 0. The summed E-state index contributed by atoms with van der Waals surface area (Å²) in [6.45, 7) is 5.91. The Balaban J connectivity index is 1.85. The molecule has 0 fully saturated rings. The summed E-state index contributed by atoms with van der Waals surface area (Å²) in [6.07, 6.45) is 0.734. The van der Waals surface area contributed by atoms with E-state index in [1.807, 2.05) is 55.5 Å². The smallest absolute Gasteiger partial charge is 0.210 e. The largest absolute Gasteiger partial charge is 0.493 e. The molecule has 0 aromatic heterocycles. The third-order valence-corrected chi connectivity index (χ3v) is 3.64. The Labute approximate surface area is 148 Å².